The first kappa shape index (κ1) is 19.1. The van der Waals surface area contributed by atoms with Crippen molar-refractivity contribution in [3.8, 4) is 0 Å². The van der Waals surface area contributed by atoms with Crippen molar-refractivity contribution in [2.24, 2.45) is 7.05 Å². The molecule has 0 amide bonds. The zero-order chi connectivity index (χ0) is 21.9. The summed E-state index contributed by atoms with van der Waals surface area (Å²) >= 11 is 0. The Labute approximate surface area is 175 Å². The third-order valence-electron chi connectivity index (χ3n) is 5.66. The monoisotopic (exact) mass is 420 g/mol. The van der Waals surface area contributed by atoms with E-state index < -0.39 is 23.3 Å². The molecule has 1 aliphatic heterocycles. The molecular formula is C22H18F2N6O. The summed E-state index contributed by atoms with van der Waals surface area (Å²) in [6, 6.07) is 8.18. The number of aromatic amines is 1. The molecule has 2 aromatic heterocycles. The highest BCUT2D eigenvalue weighted by Gasteiger charge is 2.42. The van der Waals surface area contributed by atoms with E-state index in [-0.39, 0.29) is 11.2 Å². The molecule has 2 aromatic carbocycles. The van der Waals surface area contributed by atoms with Crippen LogP contribution in [-0.4, -0.2) is 25.0 Å². The van der Waals surface area contributed by atoms with E-state index in [9.17, 15) is 13.6 Å². The molecule has 31 heavy (non-hydrogen) atoms. The largest absolute Gasteiger partial charge is 0.337 e. The first-order chi connectivity index (χ1) is 14.9. The number of aryl methyl sites for hydroxylation is 1. The maximum Gasteiger partial charge on any atom is 0.272 e. The number of benzene rings is 2. The molecule has 2 atom stereocenters. The van der Waals surface area contributed by atoms with E-state index in [1.54, 1.807) is 30.8 Å². The van der Waals surface area contributed by atoms with Gasteiger partial charge in [-0.2, -0.15) is 10.2 Å². The van der Waals surface area contributed by atoms with Crippen LogP contribution in [0.1, 0.15) is 36.0 Å². The zero-order valence-electron chi connectivity index (χ0n) is 16.8. The number of H-pyrrole nitrogens is 1. The first-order valence-corrected chi connectivity index (χ1v) is 9.62. The van der Waals surface area contributed by atoms with E-state index >= 15 is 0 Å². The molecule has 0 aliphatic carbocycles. The van der Waals surface area contributed by atoms with Gasteiger partial charge >= 0.3 is 0 Å². The zero-order valence-corrected chi connectivity index (χ0v) is 16.8. The van der Waals surface area contributed by atoms with Crippen molar-refractivity contribution in [3.05, 3.63) is 94.1 Å². The van der Waals surface area contributed by atoms with Gasteiger partial charge in [0, 0.05) is 18.1 Å². The number of nitrogens with zero attached hydrogens (tertiary/aromatic N) is 5. The van der Waals surface area contributed by atoms with E-state index in [0.29, 0.717) is 28.3 Å². The van der Waals surface area contributed by atoms with Crippen molar-refractivity contribution in [2.75, 3.05) is 4.90 Å². The SMILES string of the molecule is C=C(C)N1c2cc(F)cc3c(=O)[nH]nc(c23)[C@H](c2ncnn2C)[C@H]1c1ccc(F)cc1. The number of hydrogen-bond acceptors (Lipinski definition) is 5. The minimum absolute atomic E-state index is 0.191. The van der Waals surface area contributed by atoms with Gasteiger partial charge in [0.1, 0.15) is 23.8 Å². The molecule has 0 bridgehead atoms. The summed E-state index contributed by atoms with van der Waals surface area (Å²) in [4.78, 5) is 18.8. The lowest BCUT2D eigenvalue weighted by molar-refractivity contribution is 0.519. The summed E-state index contributed by atoms with van der Waals surface area (Å²) in [5, 5.41) is 11.8. The normalized spacial score (nSPS) is 17.9. The van der Waals surface area contributed by atoms with Gasteiger partial charge in [0.15, 0.2) is 0 Å². The lowest BCUT2D eigenvalue weighted by atomic mass is 9.81. The Morgan fingerprint density at radius 1 is 1.16 bits per heavy atom. The van der Waals surface area contributed by atoms with Crippen LogP contribution in [0.25, 0.3) is 10.8 Å². The second-order valence-corrected chi connectivity index (χ2v) is 7.61. The quantitative estimate of drug-likeness (QED) is 0.548. The maximum atomic E-state index is 14.6. The number of nitrogens with one attached hydrogen (secondary N) is 1. The number of hydrogen-bond donors (Lipinski definition) is 1. The fourth-order valence-electron chi connectivity index (χ4n) is 4.43. The molecule has 0 unspecified atom stereocenters. The first-order valence-electron chi connectivity index (χ1n) is 9.62. The lowest BCUT2D eigenvalue weighted by Crippen LogP contribution is -2.37. The van der Waals surface area contributed by atoms with Crippen LogP contribution in [0, 0.1) is 11.6 Å². The summed E-state index contributed by atoms with van der Waals surface area (Å²) in [5.41, 5.74) is 1.90. The van der Waals surface area contributed by atoms with Gasteiger partial charge in [-0.1, -0.05) is 18.7 Å². The predicted octanol–water partition coefficient (Wildman–Crippen LogP) is 3.56. The molecule has 9 heteroatoms. The van der Waals surface area contributed by atoms with Gasteiger partial charge in [-0.15, -0.1) is 0 Å². The number of halogens is 2. The fourth-order valence-corrected chi connectivity index (χ4v) is 4.43. The van der Waals surface area contributed by atoms with E-state index in [2.05, 4.69) is 26.9 Å². The van der Waals surface area contributed by atoms with Gasteiger partial charge in [-0.05, 0) is 36.8 Å². The minimum atomic E-state index is -0.550. The molecule has 0 fully saturated rings. The minimum Gasteiger partial charge on any atom is -0.337 e. The lowest BCUT2D eigenvalue weighted by Gasteiger charge is -2.42. The highest BCUT2D eigenvalue weighted by Crippen LogP contribution is 2.51. The number of rotatable bonds is 3. The maximum absolute atomic E-state index is 14.6. The molecule has 0 radical (unpaired) electrons. The van der Waals surface area contributed by atoms with Crippen LogP contribution < -0.4 is 10.5 Å². The van der Waals surface area contributed by atoms with Crippen molar-refractivity contribution < 1.29 is 8.78 Å². The average Bonchev–Trinajstić information content (AvgIpc) is 3.15. The molecule has 5 rings (SSSR count). The summed E-state index contributed by atoms with van der Waals surface area (Å²) in [6.45, 7) is 5.90. The molecule has 1 aliphatic rings. The summed E-state index contributed by atoms with van der Waals surface area (Å²) in [7, 11) is 1.76. The van der Waals surface area contributed by atoms with Crippen LogP contribution >= 0.6 is 0 Å². The second kappa shape index (κ2) is 6.83. The van der Waals surface area contributed by atoms with Gasteiger partial charge in [-0.3, -0.25) is 9.48 Å². The molecule has 0 spiro atoms. The molecule has 3 heterocycles. The Balaban J connectivity index is 1.92. The van der Waals surface area contributed by atoms with E-state index in [1.807, 2.05) is 4.90 Å². The summed E-state index contributed by atoms with van der Waals surface area (Å²) in [5.74, 6) is -0.817. The van der Waals surface area contributed by atoms with Gasteiger partial charge in [0.2, 0.25) is 0 Å². The molecule has 4 aromatic rings. The highest BCUT2D eigenvalue weighted by molar-refractivity contribution is 5.98. The van der Waals surface area contributed by atoms with Crippen molar-refractivity contribution in [1.29, 1.82) is 0 Å². The Bertz CT molecular complexity index is 1390. The topological polar surface area (TPSA) is 79.7 Å². The van der Waals surface area contributed by atoms with E-state index in [4.69, 9.17) is 0 Å². The molecular weight excluding hydrogens is 402 g/mol. The van der Waals surface area contributed by atoms with Gasteiger partial charge in [0.05, 0.1) is 28.7 Å². The molecule has 156 valence electrons. The van der Waals surface area contributed by atoms with Crippen LogP contribution in [0.15, 0.2) is 59.8 Å². The second-order valence-electron chi connectivity index (χ2n) is 7.61. The van der Waals surface area contributed by atoms with E-state index in [1.165, 1.54) is 30.6 Å². The predicted molar refractivity (Wildman–Crippen MR) is 112 cm³/mol. The van der Waals surface area contributed by atoms with Crippen LogP contribution in [0.2, 0.25) is 0 Å². The molecule has 0 saturated carbocycles. The van der Waals surface area contributed by atoms with Crippen LogP contribution in [0.5, 0.6) is 0 Å². The smallest absolute Gasteiger partial charge is 0.272 e. The summed E-state index contributed by atoms with van der Waals surface area (Å²) in [6.07, 6.45) is 1.44. The van der Waals surface area contributed by atoms with Crippen molar-refractivity contribution in [2.45, 2.75) is 18.9 Å². The van der Waals surface area contributed by atoms with Crippen LogP contribution in [0.3, 0.4) is 0 Å². The Hall–Kier alpha value is -3.88. The highest BCUT2D eigenvalue weighted by atomic mass is 19.1. The van der Waals surface area contributed by atoms with Crippen molar-refractivity contribution in [3.63, 3.8) is 0 Å². The van der Waals surface area contributed by atoms with Gasteiger partial charge in [0.25, 0.3) is 5.56 Å². The Kier molecular flexibility index (Phi) is 4.21. The molecule has 1 N–H and O–H groups in total. The Morgan fingerprint density at radius 3 is 2.55 bits per heavy atom. The number of anilines is 1. The third kappa shape index (κ3) is 2.84. The standard InChI is InChI=1S/C22H18F2N6O/c1-11(2)30-16-9-14(24)8-15-17(16)19(27-28-22(15)31)18(21-25-10-26-29(21)3)20(30)12-4-6-13(23)7-5-12/h4-10,18,20H,1H2,2-3H3,(H,28,31)/t18-,20+/m0/s1. The number of allylic oxidation sites excluding steroid dienone is 1. The summed E-state index contributed by atoms with van der Waals surface area (Å²) < 4.78 is 29.9. The van der Waals surface area contributed by atoms with Crippen molar-refractivity contribution in [1.82, 2.24) is 25.0 Å². The number of aromatic nitrogens is 5. The van der Waals surface area contributed by atoms with Gasteiger partial charge < -0.3 is 4.90 Å². The van der Waals surface area contributed by atoms with E-state index in [0.717, 1.165) is 5.56 Å². The van der Waals surface area contributed by atoms with Gasteiger partial charge in [-0.25, -0.2) is 18.9 Å². The molecule has 0 saturated heterocycles. The Morgan fingerprint density at radius 2 is 1.90 bits per heavy atom. The average molecular weight is 420 g/mol. The van der Waals surface area contributed by atoms with Crippen molar-refractivity contribution >= 4 is 16.5 Å². The molecule has 7 nitrogen and oxygen atoms in total. The van der Waals surface area contributed by atoms with Crippen LogP contribution in [-0.2, 0) is 7.05 Å². The fraction of sp³-hybridized carbons (Fsp3) is 0.182. The van der Waals surface area contributed by atoms with Crippen LogP contribution in [0.4, 0.5) is 14.5 Å². The third-order valence-corrected chi connectivity index (χ3v) is 5.66.